The third kappa shape index (κ3) is 10.3. The molecule has 340 valence electrons. The molecule has 2 aromatic heterocycles. The molecule has 64 heavy (non-hydrogen) atoms. The van der Waals surface area contributed by atoms with Gasteiger partial charge >= 0.3 is 12.7 Å². The van der Waals surface area contributed by atoms with Crippen molar-refractivity contribution >= 4 is 11.8 Å². The number of carbonyl (C=O) groups excluding carboxylic acids is 2. The Kier molecular flexibility index (Phi) is 12.0. The molecule has 6 aliphatic rings. The first kappa shape index (κ1) is 43.9. The fourth-order valence-electron chi connectivity index (χ4n) is 9.09. The SMILES string of the molecule is O=C(c1cnc(CCc2cc(OC(F)(F)F)cc(C3CC3)c2)nc1)N1CC[C@@]12CCOC2.O=C(c1cnc(CCc2cc(OC(F)(F)F)cc(C3CC3)c2)nc1)N1CC[C@]12CCOC2. The fourth-order valence-corrected chi connectivity index (χ4v) is 9.09. The summed E-state index contributed by atoms with van der Waals surface area (Å²) in [6.45, 7) is 3.94. The minimum Gasteiger partial charge on any atom is -0.406 e. The largest absolute Gasteiger partial charge is 0.573 e. The van der Waals surface area contributed by atoms with Gasteiger partial charge in [0.1, 0.15) is 23.1 Å². The molecule has 6 fully saturated rings. The summed E-state index contributed by atoms with van der Waals surface area (Å²) in [5.41, 5.74) is 3.80. The molecule has 2 aromatic carbocycles. The van der Waals surface area contributed by atoms with Crippen molar-refractivity contribution in [3.8, 4) is 11.5 Å². The van der Waals surface area contributed by atoms with Crippen LogP contribution in [0.15, 0.2) is 61.2 Å². The second-order valence-corrected chi connectivity index (χ2v) is 17.7. The third-order valence-electron chi connectivity index (χ3n) is 13.1. The number of aryl methyl sites for hydroxylation is 4. The van der Waals surface area contributed by atoms with Crippen molar-refractivity contribution in [1.82, 2.24) is 29.7 Å². The van der Waals surface area contributed by atoms with Gasteiger partial charge in [-0.25, -0.2) is 19.9 Å². The molecule has 0 N–H and O–H groups in total. The fraction of sp³-hybridized carbons (Fsp3) is 0.522. The van der Waals surface area contributed by atoms with Crippen LogP contribution in [-0.2, 0) is 35.2 Å². The second kappa shape index (κ2) is 17.6. The van der Waals surface area contributed by atoms with E-state index in [1.807, 2.05) is 21.9 Å². The van der Waals surface area contributed by atoms with Crippen LogP contribution in [0.2, 0.25) is 0 Å². The van der Waals surface area contributed by atoms with E-state index in [-0.39, 0.29) is 34.4 Å². The highest BCUT2D eigenvalue weighted by Gasteiger charge is 2.51. The van der Waals surface area contributed by atoms with Gasteiger partial charge in [-0.2, -0.15) is 0 Å². The molecule has 2 amide bonds. The van der Waals surface area contributed by atoms with Crippen molar-refractivity contribution in [2.24, 2.45) is 0 Å². The molecule has 4 saturated heterocycles. The predicted octanol–water partition coefficient (Wildman–Crippen LogP) is 8.09. The van der Waals surface area contributed by atoms with Gasteiger partial charge in [0, 0.05) is 63.9 Å². The van der Waals surface area contributed by atoms with E-state index in [0.29, 0.717) is 99.8 Å². The zero-order valence-corrected chi connectivity index (χ0v) is 35.1. The van der Waals surface area contributed by atoms with Crippen molar-refractivity contribution in [3.05, 3.63) is 106 Å². The molecule has 2 aliphatic carbocycles. The average Bonchev–Trinajstić information content (AvgIpc) is 4.17. The number of halogens is 6. The quantitative estimate of drug-likeness (QED) is 0.129. The minimum atomic E-state index is -4.72. The number of aromatic nitrogens is 4. The van der Waals surface area contributed by atoms with Crippen LogP contribution in [0.5, 0.6) is 11.5 Å². The number of carbonyl (C=O) groups is 2. The van der Waals surface area contributed by atoms with E-state index in [0.717, 1.165) is 73.6 Å². The predicted molar refractivity (Wildman–Crippen MR) is 217 cm³/mol. The van der Waals surface area contributed by atoms with Gasteiger partial charge in [-0.15, -0.1) is 26.3 Å². The molecule has 18 heteroatoms. The van der Waals surface area contributed by atoms with E-state index in [4.69, 9.17) is 9.47 Å². The summed E-state index contributed by atoms with van der Waals surface area (Å²) in [5, 5.41) is 0. The van der Waals surface area contributed by atoms with Gasteiger partial charge < -0.3 is 28.7 Å². The van der Waals surface area contributed by atoms with Gasteiger partial charge in [0.2, 0.25) is 0 Å². The van der Waals surface area contributed by atoms with E-state index in [2.05, 4.69) is 29.4 Å². The van der Waals surface area contributed by atoms with Crippen molar-refractivity contribution in [2.75, 3.05) is 39.5 Å². The molecule has 4 aliphatic heterocycles. The van der Waals surface area contributed by atoms with Crippen LogP contribution in [0.4, 0.5) is 26.3 Å². The maximum atomic E-state index is 12.8. The molecule has 12 nitrogen and oxygen atoms in total. The van der Waals surface area contributed by atoms with Gasteiger partial charge in [0.25, 0.3) is 11.8 Å². The Morgan fingerprint density at radius 1 is 0.578 bits per heavy atom. The van der Waals surface area contributed by atoms with Gasteiger partial charge in [0.15, 0.2) is 0 Å². The molecule has 2 spiro atoms. The molecule has 0 unspecified atom stereocenters. The number of hydrogen-bond acceptors (Lipinski definition) is 10. The second-order valence-electron chi connectivity index (χ2n) is 17.7. The van der Waals surface area contributed by atoms with Crippen LogP contribution in [0, 0.1) is 0 Å². The lowest BCUT2D eigenvalue weighted by Gasteiger charge is -2.49. The summed E-state index contributed by atoms with van der Waals surface area (Å²) in [5.74, 6) is 1.16. The summed E-state index contributed by atoms with van der Waals surface area (Å²) in [6, 6.07) is 9.67. The lowest BCUT2D eigenvalue weighted by molar-refractivity contribution is -0.275. The topological polar surface area (TPSA) is 129 Å². The highest BCUT2D eigenvalue weighted by Crippen LogP contribution is 2.44. The van der Waals surface area contributed by atoms with Gasteiger partial charge in [-0.3, -0.25) is 9.59 Å². The molecular formula is C46H48F6N6O6. The highest BCUT2D eigenvalue weighted by atomic mass is 19.4. The van der Waals surface area contributed by atoms with Crippen LogP contribution < -0.4 is 9.47 Å². The van der Waals surface area contributed by atoms with E-state index in [1.165, 1.54) is 49.1 Å². The molecular weight excluding hydrogens is 847 g/mol. The van der Waals surface area contributed by atoms with Crippen molar-refractivity contribution < 1.29 is 54.9 Å². The lowest BCUT2D eigenvalue weighted by Crippen LogP contribution is -2.62. The number of amides is 2. The Hall–Kier alpha value is -5.36. The lowest BCUT2D eigenvalue weighted by atomic mass is 9.83. The smallest absolute Gasteiger partial charge is 0.406 e. The molecule has 4 aromatic rings. The molecule has 10 rings (SSSR count). The monoisotopic (exact) mass is 894 g/mol. The molecule has 0 radical (unpaired) electrons. The molecule has 0 bridgehead atoms. The third-order valence-corrected chi connectivity index (χ3v) is 13.1. The summed E-state index contributed by atoms with van der Waals surface area (Å²) >= 11 is 0. The summed E-state index contributed by atoms with van der Waals surface area (Å²) < 4.78 is 95.3. The first-order chi connectivity index (χ1) is 30.6. The van der Waals surface area contributed by atoms with Gasteiger partial charge in [-0.1, -0.05) is 12.1 Å². The zero-order chi connectivity index (χ0) is 44.7. The Labute approximate surface area is 365 Å². The van der Waals surface area contributed by atoms with Crippen molar-refractivity contribution in [2.45, 2.75) is 113 Å². The van der Waals surface area contributed by atoms with Crippen LogP contribution in [0.25, 0.3) is 0 Å². The Balaban J connectivity index is 0.000000162. The number of alkyl halides is 6. The minimum absolute atomic E-state index is 0.0839. The number of benzene rings is 2. The Bertz CT molecular complexity index is 2160. The van der Waals surface area contributed by atoms with E-state index >= 15 is 0 Å². The van der Waals surface area contributed by atoms with Crippen LogP contribution in [0.3, 0.4) is 0 Å². The maximum absolute atomic E-state index is 12.8. The summed E-state index contributed by atoms with van der Waals surface area (Å²) in [7, 11) is 0. The standard InChI is InChI=1S/2C23H24F3N3O3/c2*24-23(25,26)32-19-10-15(9-17(11-19)16-2-3-16)1-4-20-27-12-18(13-28-20)21(30)29-7-5-22(29)6-8-31-14-22/h2*9-13,16H,1-8,14H2/t2*22-/m10/s1. The van der Waals surface area contributed by atoms with Crippen LogP contribution >= 0.6 is 0 Å². The zero-order valence-electron chi connectivity index (χ0n) is 35.1. The van der Waals surface area contributed by atoms with Crippen LogP contribution in [0.1, 0.15) is 118 Å². The van der Waals surface area contributed by atoms with Gasteiger partial charge in [-0.05, 0) is 123 Å². The number of hydrogen-bond donors (Lipinski definition) is 0. The number of rotatable bonds is 12. The molecule has 2 atom stereocenters. The highest BCUT2D eigenvalue weighted by molar-refractivity contribution is 5.95. The Morgan fingerprint density at radius 3 is 1.27 bits per heavy atom. The number of likely N-dealkylation sites (tertiary alicyclic amines) is 2. The van der Waals surface area contributed by atoms with Crippen molar-refractivity contribution in [1.29, 1.82) is 0 Å². The normalized spacial score (nSPS) is 22.8. The summed E-state index contributed by atoms with van der Waals surface area (Å²) in [4.78, 5) is 46.6. The summed E-state index contributed by atoms with van der Waals surface area (Å²) in [6.07, 6.45) is 6.13. The first-order valence-corrected chi connectivity index (χ1v) is 21.8. The molecule has 6 heterocycles. The average molecular weight is 895 g/mol. The Morgan fingerprint density at radius 2 is 0.969 bits per heavy atom. The van der Waals surface area contributed by atoms with Crippen LogP contribution in [-0.4, -0.2) is 105 Å². The number of ether oxygens (including phenoxy) is 4. The van der Waals surface area contributed by atoms with Gasteiger partial charge in [0.05, 0.1) is 35.4 Å². The van der Waals surface area contributed by atoms with E-state index < -0.39 is 12.7 Å². The van der Waals surface area contributed by atoms with Crippen molar-refractivity contribution in [3.63, 3.8) is 0 Å². The number of nitrogens with zero attached hydrogens (tertiary/aromatic N) is 6. The first-order valence-electron chi connectivity index (χ1n) is 21.8. The van der Waals surface area contributed by atoms with E-state index in [9.17, 15) is 35.9 Å². The maximum Gasteiger partial charge on any atom is 0.573 e. The molecule has 2 saturated carbocycles. The van der Waals surface area contributed by atoms with E-state index in [1.54, 1.807) is 0 Å².